The molecule has 4 nitrogen and oxygen atoms in total. The molecule has 0 fully saturated rings. The summed E-state index contributed by atoms with van der Waals surface area (Å²) in [6.45, 7) is 3.82. The average Bonchev–Trinajstić information content (AvgIpc) is 2.78. The van der Waals surface area contributed by atoms with E-state index in [2.05, 4.69) is 34.8 Å². The van der Waals surface area contributed by atoms with Crippen molar-refractivity contribution in [3.63, 3.8) is 0 Å². The first-order valence-corrected chi connectivity index (χ1v) is 7.11. The molecule has 0 radical (unpaired) electrons. The predicted octanol–water partition coefficient (Wildman–Crippen LogP) is 2.48. The third-order valence-electron chi connectivity index (χ3n) is 3.95. The Bertz CT molecular complexity index is 618. The maximum absolute atomic E-state index is 5.99. The number of benzene rings is 1. The van der Waals surface area contributed by atoms with E-state index in [0.29, 0.717) is 5.92 Å². The van der Waals surface area contributed by atoms with E-state index in [0.717, 1.165) is 42.1 Å². The summed E-state index contributed by atoms with van der Waals surface area (Å²) in [6, 6.07) is 6.44. The Kier molecular flexibility index (Phi) is 3.49. The lowest BCUT2D eigenvalue weighted by molar-refractivity contribution is 0.267. The van der Waals surface area contributed by atoms with Gasteiger partial charge in [-0.1, -0.05) is 18.2 Å². The third-order valence-corrected chi connectivity index (χ3v) is 3.95. The van der Waals surface area contributed by atoms with E-state index in [1.54, 1.807) is 0 Å². The molecule has 0 unspecified atom stereocenters. The lowest BCUT2D eigenvalue weighted by Gasteiger charge is -2.27. The first-order chi connectivity index (χ1) is 9.70. The van der Waals surface area contributed by atoms with E-state index < -0.39 is 0 Å². The molecule has 0 aliphatic carbocycles. The van der Waals surface area contributed by atoms with Gasteiger partial charge in [-0.05, 0) is 26.0 Å². The van der Waals surface area contributed by atoms with Crippen molar-refractivity contribution in [1.82, 2.24) is 15.1 Å². The van der Waals surface area contributed by atoms with Gasteiger partial charge in [0, 0.05) is 36.8 Å². The average molecular weight is 271 g/mol. The van der Waals surface area contributed by atoms with Gasteiger partial charge in [0.15, 0.2) is 0 Å². The maximum Gasteiger partial charge on any atom is 0.130 e. The number of rotatable bonds is 3. The number of aromatic nitrogens is 2. The van der Waals surface area contributed by atoms with Crippen molar-refractivity contribution < 1.29 is 4.74 Å². The second-order valence-corrected chi connectivity index (χ2v) is 5.42. The molecular formula is C16H21N3O. The molecular weight excluding hydrogens is 250 g/mol. The van der Waals surface area contributed by atoms with Crippen LogP contribution >= 0.6 is 0 Å². The normalized spacial score (nSPS) is 17.6. The minimum atomic E-state index is 0.528. The monoisotopic (exact) mass is 271 g/mol. The van der Waals surface area contributed by atoms with E-state index in [9.17, 15) is 0 Å². The van der Waals surface area contributed by atoms with E-state index in [-0.39, 0.29) is 0 Å². The van der Waals surface area contributed by atoms with Crippen molar-refractivity contribution in [2.24, 2.45) is 7.05 Å². The number of para-hydroxylation sites is 1. The number of aryl methyl sites for hydroxylation is 2. The minimum absolute atomic E-state index is 0.528. The number of hydrogen-bond acceptors (Lipinski definition) is 3. The molecule has 1 aromatic carbocycles. The topological polar surface area (TPSA) is 39.1 Å². The molecule has 0 spiro atoms. The molecule has 1 aromatic heterocycles. The molecule has 106 valence electrons. The number of fused-ring (bicyclic) bond motifs is 1. The fraction of sp³-hybridized carbons (Fsp3) is 0.438. The van der Waals surface area contributed by atoms with Gasteiger partial charge in [-0.3, -0.25) is 4.68 Å². The Morgan fingerprint density at radius 3 is 2.95 bits per heavy atom. The van der Waals surface area contributed by atoms with Crippen molar-refractivity contribution in [1.29, 1.82) is 0 Å². The molecule has 1 aliphatic rings. The van der Waals surface area contributed by atoms with Gasteiger partial charge in [0.05, 0.1) is 12.3 Å². The Morgan fingerprint density at radius 1 is 1.40 bits per heavy atom. The maximum atomic E-state index is 5.99. The SMILES string of the molecule is CNC[C@@H]1CCOc2c(-c3cn(C)nc3C)cccc21. The van der Waals surface area contributed by atoms with Crippen LogP contribution in [0.2, 0.25) is 0 Å². The standard InChI is InChI=1S/C16H21N3O/c1-11-15(10-19(3)18-11)14-6-4-5-13-12(9-17-2)7-8-20-16(13)14/h4-6,10,12,17H,7-9H2,1-3H3/t12-/m0/s1. The van der Waals surface area contributed by atoms with E-state index in [1.165, 1.54) is 5.56 Å². The van der Waals surface area contributed by atoms with Crippen LogP contribution < -0.4 is 10.1 Å². The van der Waals surface area contributed by atoms with Gasteiger partial charge < -0.3 is 10.1 Å². The van der Waals surface area contributed by atoms with Gasteiger partial charge in [0.25, 0.3) is 0 Å². The summed E-state index contributed by atoms with van der Waals surface area (Å²) in [5, 5.41) is 7.72. The Hall–Kier alpha value is -1.81. The summed E-state index contributed by atoms with van der Waals surface area (Å²) in [6.07, 6.45) is 3.14. The number of nitrogens with one attached hydrogen (secondary N) is 1. The fourth-order valence-corrected chi connectivity index (χ4v) is 3.03. The van der Waals surface area contributed by atoms with Crippen molar-refractivity contribution in [3.8, 4) is 16.9 Å². The molecule has 1 atom stereocenters. The van der Waals surface area contributed by atoms with Crippen molar-refractivity contribution in [2.45, 2.75) is 19.3 Å². The molecule has 20 heavy (non-hydrogen) atoms. The van der Waals surface area contributed by atoms with E-state index in [4.69, 9.17) is 4.74 Å². The second-order valence-electron chi connectivity index (χ2n) is 5.42. The predicted molar refractivity (Wildman–Crippen MR) is 80.2 cm³/mol. The number of hydrogen-bond donors (Lipinski definition) is 1. The fourth-order valence-electron chi connectivity index (χ4n) is 3.03. The molecule has 0 saturated carbocycles. The highest BCUT2D eigenvalue weighted by Gasteiger charge is 2.24. The Balaban J connectivity index is 2.10. The van der Waals surface area contributed by atoms with Crippen molar-refractivity contribution in [3.05, 3.63) is 35.7 Å². The highest BCUT2D eigenvalue weighted by molar-refractivity contribution is 5.74. The number of likely N-dealkylation sites (N-methyl/N-ethyl adjacent to an activating group) is 1. The summed E-state index contributed by atoms with van der Waals surface area (Å²) >= 11 is 0. The quantitative estimate of drug-likeness (QED) is 0.932. The van der Waals surface area contributed by atoms with Crippen LogP contribution in [0.3, 0.4) is 0 Å². The lowest BCUT2D eigenvalue weighted by Crippen LogP contribution is -2.23. The van der Waals surface area contributed by atoms with Gasteiger partial charge in [-0.25, -0.2) is 0 Å². The van der Waals surface area contributed by atoms with Gasteiger partial charge in [-0.2, -0.15) is 5.10 Å². The van der Waals surface area contributed by atoms with E-state index >= 15 is 0 Å². The van der Waals surface area contributed by atoms with Crippen LogP contribution in [0.1, 0.15) is 23.6 Å². The number of ether oxygens (including phenoxy) is 1. The van der Waals surface area contributed by atoms with Crippen LogP contribution in [0.5, 0.6) is 5.75 Å². The zero-order valence-electron chi connectivity index (χ0n) is 12.3. The minimum Gasteiger partial charge on any atom is -0.493 e. The van der Waals surface area contributed by atoms with E-state index in [1.807, 2.05) is 25.7 Å². The third kappa shape index (κ3) is 2.20. The molecule has 4 heteroatoms. The highest BCUT2D eigenvalue weighted by atomic mass is 16.5. The molecule has 1 aliphatic heterocycles. The van der Waals surface area contributed by atoms with Crippen molar-refractivity contribution >= 4 is 0 Å². The molecule has 0 amide bonds. The highest BCUT2D eigenvalue weighted by Crippen LogP contribution is 2.41. The van der Waals surface area contributed by atoms with Crippen LogP contribution in [0.4, 0.5) is 0 Å². The number of nitrogens with zero attached hydrogens (tertiary/aromatic N) is 2. The Morgan fingerprint density at radius 2 is 2.25 bits per heavy atom. The smallest absolute Gasteiger partial charge is 0.130 e. The van der Waals surface area contributed by atoms with Gasteiger partial charge >= 0.3 is 0 Å². The lowest BCUT2D eigenvalue weighted by atomic mass is 9.89. The van der Waals surface area contributed by atoms with Crippen molar-refractivity contribution in [2.75, 3.05) is 20.2 Å². The molecule has 2 heterocycles. The molecule has 1 N–H and O–H groups in total. The Labute approximate surface area is 119 Å². The molecule has 0 bridgehead atoms. The first-order valence-electron chi connectivity index (χ1n) is 7.11. The zero-order valence-corrected chi connectivity index (χ0v) is 12.3. The summed E-state index contributed by atoms with van der Waals surface area (Å²) in [4.78, 5) is 0. The van der Waals surface area contributed by atoms with Crippen LogP contribution in [-0.4, -0.2) is 30.0 Å². The summed E-state index contributed by atoms with van der Waals surface area (Å²) in [5.41, 5.74) is 4.68. The van der Waals surface area contributed by atoms with Crippen LogP contribution in [0.25, 0.3) is 11.1 Å². The summed E-state index contributed by atoms with van der Waals surface area (Å²) < 4.78 is 7.84. The first kappa shape index (κ1) is 13.2. The molecule has 3 rings (SSSR count). The molecule has 2 aromatic rings. The zero-order chi connectivity index (χ0) is 14.1. The van der Waals surface area contributed by atoms with Gasteiger partial charge in [0.2, 0.25) is 0 Å². The molecule has 0 saturated heterocycles. The van der Waals surface area contributed by atoms with Gasteiger partial charge in [0.1, 0.15) is 5.75 Å². The largest absolute Gasteiger partial charge is 0.493 e. The van der Waals surface area contributed by atoms with Gasteiger partial charge in [-0.15, -0.1) is 0 Å². The van der Waals surface area contributed by atoms with Crippen LogP contribution in [-0.2, 0) is 7.05 Å². The van der Waals surface area contributed by atoms with Crippen LogP contribution in [0.15, 0.2) is 24.4 Å². The summed E-state index contributed by atoms with van der Waals surface area (Å²) in [5.74, 6) is 1.57. The second kappa shape index (κ2) is 5.29. The summed E-state index contributed by atoms with van der Waals surface area (Å²) in [7, 11) is 3.96. The van der Waals surface area contributed by atoms with Crippen LogP contribution in [0, 0.1) is 6.92 Å².